The predicted molar refractivity (Wildman–Crippen MR) is 126 cm³/mol. The van der Waals surface area contributed by atoms with Gasteiger partial charge in [0.1, 0.15) is 4.83 Å². The Hall–Kier alpha value is -3.58. The summed E-state index contributed by atoms with van der Waals surface area (Å²) in [6, 6.07) is 16.8. The van der Waals surface area contributed by atoms with E-state index in [2.05, 4.69) is 4.98 Å². The lowest BCUT2D eigenvalue weighted by Gasteiger charge is -2.16. The first-order valence-electron chi connectivity index (χ1n) is 10.5. The number of thiophene rings is 1. The molecule has 1 fully saturated rings. The second kappa shape index (κ2) is 8.16. The van der Waals surface area contributed by atoms with Crippen LogP contribution in [0.3, 0.4) is 0 Å². The highest BCUT2D eigenvalue weighted by Gasteiger charge is 2.23. The number of fused-ring (bicyclic) bond motifs is 1. The van der Waals surface area contributed by atoms with Crippen molar-refractivity contribution in [2.24, 2.45) is 0 Å². The van der Waals surface area contributed by atoms with Crippen LogP contribution in [0.25, 0.3) is 21.3 Å². The number of aromatic nitrogens is 2. The maximum Gasteiger partial charge on any atom is 0.263 e. The van der Waals surface area contributed by atoms with Gasteiger partial charge in [-0.1, -0.05) is 42.5 Å². The van der Waals surface area contributed by atoms with Crippen LogP contribution >= 0.6 is 11.3 Å². The van der Waals surface area contributed by atoms with Crippen LogP contribution in [0.1, 0.15) is 28.1 Å². The predicted octanol–water partition coefficient (Wildman–Crippen LogP) is 4.44. The van der Waals surface area contributed by atoms with Crippen LogP contribution < -0.4 is 10.5 Å². The molecular formula is C25H21N3O3S. The molecule has 0 spiro atoms. The average Bonchev–Trinajstić information content (AvgIpc) is 3.39. The first-order chi connectivity index (χ1) is 15.5. The molecular weight excluding hydrogens is 422 g/mol. The van der Waals surface area contributed by atoms with E-state index < -0.39 is 0 Å². The fourth-order valence-corrected chi connectivity index (χ4v) is 5.22. The summed E-state index contributed by atoms with van der Waals surface area (Å²) >= 11 is 1.48. The largest absolute Gasteiger partial charge is 0.312 e. The topological polar surface area (TPSA) is 72.3 Å². The minimum absolute atomic E-state index is 0.0711. The Morgan fingerprint density at radius 1 is 1.09 bits per heavy atom. The zero-order valence-corrected chi connectivity index (χ0v) is 18.4. The number of hydrogen-bond acceptors (Lipinski definition) is 5. The summed E-state index contributed by atoms with van der Waals surface area (Å²) in [5.41, 5.74) is 2.80. The number of aryl methyl sites for hydroxylation is 1. The van der Waals surface area contributed by atoms with Crippen molar-refractivity contribution < 1.29 is 9.59 Å². The second-order valence-corrected chi connectivity index (χ2v) is 9.08. The first kappa shape index (κ1) is 20.3. The fourth-order valence-electron chi connectivity index (χ4n) is 4.22. The minimum atomic E-state index is -0.225. The molecule has 0 bridgehead atoms. The van der Waals surface area contributed by atoms with Crippen LogP contribution in [0.2, 0.25) is 0 Å². The quantitative estimate of drug-likeness (QED) is 0.428. The molecule has 2 aromatic carbocycles. The monoisotopic (exact) mass is 443 g/mol. The molecule has 0 radical (unpaired) electrons. The van der Waals surface area contributed by atoms with Gasteiger partial charge in [-0.2, -0.15) is 0 Å². The first-order valence-corrected chi connectivity index (χ1v) is 11.3. The van der Waals surface area contributed by atoms with Crippen LogP contribution in [0.15, 0.2) is 65.7 Å². The van der Waals surface area contributed by atoms with Crippen molar-refractivity contribution >= 4 is 38.9 Å². The van der Waals surface area contributed by atoms with Crippen molar-refractivity contribution in [2.75, 3.05) is 11.4 Å². The molecule has 1 amide bonds. The van der Waals surface area contributed by atoms with E-state index in [1.54, 1.807) is 23.1 Å². The van der Waals surface area contributed by atoms with E-state index in [-0.39, 0.29) is 23.8 Å². The van der Waals surface area contributed by atoms with E-state index in [0.717, 1.165) is 28.1 Å². The van der Waals surface area contributed by atoms with E-state index >= 15 is 0 Å². The van der Waals surface area contributed by atoms with Crippen molar-refractivity contribution in [3.8, 4) is 11.1 Å². The molecule has 1 aliphatic heterocycles. The van der Waals surface area contributed by atoms with E-state index in [1.165, 1.54) is 22.2 Å². The average molecular weight is 444 g/mol. The second-order valence-electron chi connectivity index (χ2n) is 7.88. The zero-order chi connectivity index (χ0) is 22.2. The van der Waals surface area contributed by atoms with Gasteiger partial charge in [-0.15, -0.1) is 11.3 Å². The fraction of sp³-hybridized carbons (Fsp3) is 0.200. The maximum absolute atomic E-state index is 13.3. The molecule has 3 heterocycles. The molecule has 0 N–H and O–H groups in total. The van der Waals surface area contributed by atoms with Crippen LogP contribution in [0.4, 0.5) is 5.69 Å². The summed E-state index contributed by atoms with van der Waals surface area (Å²) in [5, 5.41) is 0.547. The molecule has 160 valence electrons. The van der Waals surface area contributed by atoms with E-state index in [4.69, 9.17) is 0 Å². The van der Waals surface area contributed by atoms with Crippen molar-refractivity contribution in [3.63, 3.8) is 0 Å². The Kier molecular flexibility index (Phi) is 5.19. The van der Waals surface area contributed by atoms with E-state index in [9.17, 15) is 14.4 Å². The molecule has 0 aliphatic carbocycles. The summed E-state index contributed by atoms with van der Waals surface area (Å²) in [6.07, 6.45) is 2.80. The summed E-state index contributed by atoms with van der Waals surface area (Å²) in [5.74, 6) is -0.128. The molecule has 1 saturated heterocycles. The Morgan fingerprint density at radius 2 is 1.91 bits per heavy atom. The highest BCUT2D eigenvalue weighted by molar-refractivity contribution is 7.19. The number of amides is 1. The van der Waals surface area contributed by atoms with Gasteiger partial charge in [-0.25, -0.2) is 4.98 Å². The summed E-state index contributed by atoms with van der Waals surface area (Å²) in [4.78, 5) is 46.3. The highest BCUT2D eigenvalue weighted by atomic mass is 32.1. The van der Waals surface area contributed by atoms with Gasteiger partial charge in [0.2, 0.25) is 5.91 Å². The molecule has 0 atom stereocenters. The number of carbonyl (C=O) groups excluding carboxylic acids is 2. The summed E-state index contributed by atoms with van der Waals surface area (Å²) in [7, 11) is 0. The van der Waals surface area contributed by atoms with Crippen LogP contribution in [0.5, 0.6) is 0 Å². The Labute approximate surface area is 188 Å². The number of rotatable bonds is 5. The van der Waals surface area contributed by atoms with Crippen molar-refractivity contribution in [1.29, 1.82) is 0 Å². The smallest absolute Gasteiger partial charge is 0.263 e. The lowest BCUT2D eigenvalue weighted by Crippen LogP contribution is -2.25. The van der Waals surface area contributed by atoms with Gasteiger partial charge < -0.3 is 4.90 Å². The van der Waals surface area contributed by atoms with Crippen molar-refractivity contribution in [2.45, 2.75) is 26.3 Å². The number of anilines is 1. The van der Waals surface area contributed by atoms with Gasteiger partial charge in [0.25, 0.3) is 5.56 Å². The van der Waals surface area contributed by atoms with Gasteiger partial charge in [0.05, 0.1) is 18.3 Å². The third-order valence-electron chi connectivity index (χ3n) is 5.78. The molecule has 4 aromatic rings. The molecule has 0 unspecified atom stereocenters. The molecule has 32 heavy (non-hydrogen) atoms. The van der Waals surface area contributed by atoms with Crippen molar-refractivity contribution in [1.82, 2.24) is 9.55 Å². The number of benzene rings is 2. The Morgan fingerprint density at radius 3 is 2.66 bits per heavy atom. The van der Waals surface area contributed by atoms with E-state index in [0.29, 0.717) is 28.7 Å². The molecule has 2 aromatic heterocycles. The molecule has 0 saturated carbocycles. The third kappa shape index (κ3) is 3.54. The van der Waals surface area contributed by atoms with Crippen LogP contribution in [-0.2, 0) is 11.3 Å². The van der Waals surface area contributed by atoms with Gasteiger partial charge >= 0.3 is 0 Å². The molecule has 6 nitrogen and oxygen atoms in total. The standard InChI is InChI=1S/C25H21N3O3S/c1-16-22(17-7-3-2-4-8-17)23-24(32-16)26-15-27(25(23)31)14-20(29)18-9-5-10-19(13-18)28-12-6-11-21(28)30/h2-5,7-10,13,15H,6,11-12,14H2,1H3. The lowest BCUT2D eigenvalue weighted by molar-refractivity contribution is -0.117. The third-order valence-corrected chi connectivity index (χ3v) is 6.80. The molecule has 7 heteroatoms. The number of Topliss-reactive ketones (excluding diaryl/α,β-unsaturated/α-hetero) is 1. The maximum atomic E-state index is 13.3. The number of carbonyl (C=O) groups is 2. The van der Waals surface area contributed by atoms with Crippen LogP contribution in [0, 0.1) is 6.92 Å². The van der Waals surface area contributed by atoms with Crippen molar-refractivity contribution in [3.05, 3.63) is 81.7 Å². The summed E-state index contributed by atoms with van der Waals surface area (Å²) in [6.45, 7) is 2.54. The Bertz CT molecular complexity index is 1410. The zero-order valence-electron chi connectivity index (χ0n) is 17.6. The SMILES string of the molecule is Cc1sc2ncn(CC(=O)c3cccc(N4CCCC4=O)c3)c(=O)c2c1-c1ccccc1. The highest BCUT2D eigenvalue weighted by Crippen LogP contribution is 2.35. The normalized spacial score (nSPS) is 13.8. The Balaban J connectivity index is 1.50. The van der Waals surface area contributed by atoms with Gasteiger partial charge in [-0.3, -0.25) is 19.0 Å². The minimum Gasteiger partial charge on any atom is -0.312 e. The number of hydrogen-bond donors (Lipinski definition) is 0. The molecule has 1 aliphatic rings. The van der Waals surface area contributed by atoms with Gasteiger partial charge in [0.15, 0.2) is 5.78 Å². The lowest BCUT2D eigenvalue weighted by atomic mass is 10.0. The van der Waals surface area contributed by atoms with Gasteiger partial charge in [-0.05, 0) is 31.0 Å². The molecule has 5 rings (SSSR count). The summed E-state index contributed by atoms with van der Waals surface area (Å²) < 4.78 is 1.37. The number of nitrogens with zero attached hydrogens (tertiary/aromatic N) is 3. The van der Waals surface area contributed by atoms with Crippen LogP contribution in [-0.4, -0.2) is 27.8 Å². The van der Waals surface area contributed by atoms with Gasteiger partial charge in [0, 0.05) is 34.7 Å². The van der Waals surface area contributed by atoms with E-state index in [1.807, 2.05) is 43.3 Å². The number of ketones is 1.